The van der Waals surface area contributed by atoms with Gasteiger partial charge in [-0.25, -0.2) is 18.4 Å². The Kier molecular flexibility index (Phi) is 5.69. The van der Waals surface area contributed by atoms with Gasteiger partial charge in [-0.1, -0.05) is 60.7 Å². The molecule has 0 spiro atoms. The maximum Gasteiger partial charge on any atom is 0.411 e. The predicted molar refractivity (Wildman–Crippen MR) is 92.9 cm³/mol. The first-order valence-corrected chi connectivity index (χ1v) is 8.53. The van der Waals surface area contributed by atoms with Gasteiger partial charge in [0.05, 0.1) is 0 Å². The Balaban J connectivity index is 1.63. The average Bonchev–Trinajstić information content (AvgIpc) is 3.01. The van der Waals surface area contributed by atoms with Crippen molar-refractivity contribution in [2.24, 2.45) is 0 Å². The van der Waals surface area contributed by atoms with Crippen molar-refractivity contribution in [1.29, 1.82) is 0 Å². The molecule has 2 aromatic carbocycles. The van der Waals surface area contributed by atoms with Gasteiger partial charge in [-0.05, 0) is 11.1 Å². The van der Waals surface area contributed by atoms with Gasteiger partial charge in [0.2, 0.25) is 0 Å². The van der Waals surface area contributed by atoms with Crippen LogP contribution in [-0.2, 0) is 27.5 Å². The molecule has 0 radical (unpaired) electrons. The summed E-state index contributed by atoms with van der Waals surface area (Å²) in [6.45, 7) is -0.474. The first-order valence-electron chi connectivity index (χ1n) is 8.53. The second-order valence-corrected chi connectivity index (χ2v) is 6.24. The van der Waals surface area contributed by atoms with E-state index >= 15 is 0 Å². The minimum absolute atomic E-state index is 0.0620. The summed E-state index contributed by atoms with van der Waals surface area (Å²) >= 11 is 0. The van der Waals surface area contributed by atoms with Crippen molar-refractivity contribution in [2.75, 3.05) is 6.54 Å². The number of esters is 1. The van der Waals surface area contributed by atoms with Crippen molar-refractivity contribution in [3.05, 3.63) is 71.8 Å². The molecule has 5 nitrogen and oxygen atoms in total. The number of alkyl halides is 2. The average molecular weight is 375 g/mol. The molecule has 1 amide bonds. The number of amides is 1. The summed E-state index contributed by atoms with van der Waals surface area (Å²) in [7, 11) is 0. The Morgan fingerprint density at radius 2 is 1.44 bits per heavy atom. The molecule has 1 atom stereocenters. The molecule has 2 aromatic rings. The number of halogens is 2. The Labute approximate surface area is 155 Å². The fourth-order valence-electron chi connectivity index (χ4n) is 2.87. The number of carbonyl (C=O) groups excluding carboxylic acids is 2. The third kappa shape index (κ3) is 4.61. The van der Waals surface area contributed by atoms with Crippen LogP contribution in [0.25, 0.3) is 0 Å². The van der Waals surface area contributed by atoms with E-state index in [1.165, 1.54) is 0 Å². The molecule has 0 aromatic heterocycles. The largest absolute Gasteiger partial charge is 0.459 e. The molecule has 1 aliphatic rings. The molecule has 0 bridgehead atoms. The van der Waals surface area contributed by atoms with E-state index in [0.717, 1.165) is 10.5 Å². The van der Waals surface area contributed by atoms with Crippen molar-refractivity contribution in [3.63, 3.8) is 0 Å². The molecule has 1 heterocycles. The monoisotopic (exact) mass is 375 g/mol. The molecule has 0 aliphatic carbocycles. The molecule has 1 aliphatic heterocycles. The fourth-order valence-corrected chi connectivity index (χ4v) is 2.87. The Morgan fingerprint density at radius 1 is 0.926 bits per heavy atom. The first-order chi connectivity index (χ1) is 13.0. The number of nitrogens with zero attached hydrogens (tertiary/aromatic N) is 1. The number of hydrogen-bond donors (Lipinski definition) is 0. The van der Waals surface area contributed by atoms with Crippen molar-refractivity contribution in [3.8, 4) is 0 Å². The van der Waals surface area contributed by atoms with Crippen LogP contribution in [0.15, 0.2) is 60.7 Å². The van der Waals surface area contributed by atoms with Gasteiger partial charge in [0, 0.05) is 13.0 Å². The highest BCUT2D eigenvalue weighted by molar-refractivity contribution is 5.83. The highest BCUT2D eigenvalue weighted by atomic mass is 19.3. The van der Waals surface area contributed by atoms with Crippen molar-refractivity contribution in [1.82, 2.24) is 4.90 Å². The summed E-state index contributed by atoms with van der Waals surface area (Å²) < 4.78 is 38.5. The number of carbonyl (C=O) groups is 2. The number of ether oxygens (including phenoxy) is 2. The van der Waals surface area contributed by atoms with E-state index in [0.29, 0.717) is 5.56 Å². The summed E-state index contributed by atoms with van der Waals surface area (Å²) in [5.41, 5.74) is 1.39. The van der Waals surface area contributed by atoms with E-state index in [9.17, 15) is 18.4 Å². The fraction of sp³-hybridized carbons (Fsp3) is 0.300. The van der Waals surface area contributed by atoms with Gasteiger partial charge in [0.25, 0.3) is 5.92 Å². The van der Waals surface area contributed by atoms with Gasteiger partial charge >= 0.3 is 12.1 Å². The highest BCUT2D eigenvalue weighted by Gasteiger charge is 2.56. The number of benzene rings is 2. The maximum atomic E-state index is 14.2. The molecule has 1 fully saturated rings. The van der Waals surface area contributed by atoms with Crippen LogP contribution in [0.2, 0.25) is 0 Å². The van der Waals surface area contributed by atoms with Crippen molar-refractivity contribution >= 4 is 12.1 Å². The van der Waals surface area contributed by atoms with Gasteiger partial charge in [-0.3, -0.25) is 4.90 Å². The van der Waals surface area contributed by atoms with E-state index in [4.69, 9.17) is 9.47 Å². The first kappa shape index (κ1) is 18.8. The third-order valence-electron chi connectivity index (χ3n) is 4.28. The Bertz CT molecular complexity index is 783. The minimum atomic E-state index is -3.36. The van der Waals surface area contributed by atoms with Gasteiger partial charge < -0.3 is 9.47 Å². The quantitative estimate of drug-likeness (QED) is 0.747. The minimum Gasteiger partial charge on any atom is -0.459 e. The zero-order valence-electron chi connectivity index (χ0n) is 14.5. The SMILES string of the molecule is O=C(OCc1ccccc1)[C@H]1N(C(=O)OCc2ccccc2)CCC1(F)F. The number of likely N-dealkylation sites (tertiary alicyclic amines) is 1. The zero-order chi connectivity index (χ0) is 19.3. The molecule has 142 valence electrons. The number of hydrogen-bond acceptors (Lipinski definition) is 4. The van der Waals surface area contributed by atoms with Crippen molar-refractivity contribution < 1.29 is 27.8 Å². The van der Waals surface area contributed by atoms with Crippen molar-refractivity contribution in [2.45, 2.75) is 31.6 Å². The Morgan fingerprint density at radius 3 is 2.00 bits per heavy atom. The Hall–Kier alpha value is -2.96. The third-order valence-corrected chi connectivity index (χ3v) is 4.28. The second-order valence-electron chi connectivity index (χ2n) is 6.24. The molecule has 0 unspecified atom stereocenters. The van der Waals surface area contributed by atoms with Crippen LogP contribution in [0, 0.1) is 0 Å². The maximum absolute atomic E-state index is 14.2. The molecular formula is C20H19F2NO4. The molecule has 27 heavy (non-hydrogen) atoms. The van der Waals surface area contributed by atoms with E-state index in [2.05, 4.69) is 0 Å². The zero-order valence-corrected chi connectivity index (χ0v) is 14.5. The summed E-state index contributed by atoms with van der Waals surface area (Å²) in [6, 6.07) is 15.6. The van der Waals surface area contributed by atoms with Gasteiger partial charge in [0.1, 0.15) is 13.2 Å². The molecule has 1 saturated heterocycles. The van der Waals surface area contributed by atoms with Crippen LogP contribution in [-0.4, -0.2) is 35.5 Å². The summed E-state index contributed by atoms with van der Waals surface area (Å²) in [4.78, 5) is 25.3. The lowest BCUT2D eigenvalue weighted by Gasteiger charge is -2.25. The van der Waals surface area contributed by atoms with Crippen LogP contribution >= 0.6 is 0 Å². The lowest BCUT2D eigenvalue weighted by molar-refractivity contribution is -0.160. The molecule has 0 N–H and O–H groups in total. The summed E-state index contributed by atoms with van der Waals surface area (Å²) in [5.74, 6) is -4.50. The van der Waals surface area contributed by atoms with E-state index in [-0.39, 0.29) is 19.8 Å². The lowest BCUT2D eigenvalue weighted by atomic mass is 10.1. The molecular weight excluding hydrogens is 356 g/mol. The van der Waals surface area contributed by atoms with Crippen LogP contribution in [0.3, 0.4) is 0 Å². The molecule has 7 heteroatoms. The predicted octanol–water partition coefficient (Wildman–Crippen LogP) is 3.78. The summed E-state index contributed by atoms with van der Waals surface area (Å²) in [6.07, 6.45) is -1.57. The van der Waals surface area contributed by atoms with Crippen LogP contribution < -0.4 is 0 Å². The highest BCUT2D eigenvalue weighted by Crippen LogP contribution is 2.35. The topological polar surface area (TPSA) is 55.8 Å². The van der Waals surface area contributed by atoms with Gasteiger partial charge in [-0.2, -0.15) is 0 Å². The number of rotatable bonds is 5. The molecule has 3 rings (SSSR count). The normalized spacial score (nSPS) is 18.1. The summed E-state index contributed by atoms with van der Waals surface area (Å²) in [5, 5.41) is 0. The lowest BCUT2D eigenvalue weighted by Crippen LogP contribution is -2.48. The standard InChI is InChI=1S/C20H19F2NO4/c21-20(22)11-12-23(19(25)27-14-16-9-5-2-6-10-16)17(20)18(24)26-13-15-7-3-1-4-8-15/h1-10,17H,11-14H2/t17-/m1/s1. The molecule has 0 saturated carbocycles. The van der Waals surface area contributed by atoms with Gasteiger partial charge in [-0.15, -0.1) is 0 Å². The van der Waals surface area contributed by atoms with E-state index in [1.54, 1.807) is 54.6 Å². The van der Waals surface area contributed by atoms with Crippen LogP contribution in [0.5, 0.6) is 0 Å². The van der Waals surface area contributed by atoms with Crippen LogP contribution in [0.4, 0.5) is 13.6 Å². The van der Waals surface area contributed by atoms with Crippen LogP contribution in [0.1, 0.15) is 17.5 Å². The van der Waals surface area contributed by atoms with Gasteiger partial charge in [0.15, 0.2) is 6.04 Å². The second kappa shape index (κ2) is 8.16. The van der Waals surface area contributed by atoms with E-state index < -0.39 is 30.4 Å². The smallest absolute Gasteiger partial charge is 0.411 e. The van der Waals surface area contributed by atoms with E-state index in [1.807, 2.05) is 6.07 Å².